The van der Waals surface area contributed by atoms with Crippen molar-refractivity contribution in [2.24, 2.45) is 11.3 Å². The average Bonchev–Trinajstić information content (AvgIpc) is 2.47. The van der Waals surface area contributed by atoms with E-state index in [1.54, 1.807) is 0 Å². The molecule has 0 spiro atoms. The van der Waals surface area contributed by atoms with Crippen LogP contribution >= 0.6 is 0 Å². The van der Waals surface area contributed by atoms with Crippen molar-refractivity contribution < 1.29 is 0 Å². The molecule has 0 aliphatic carbocycles. The van der Waals surface area contributed by atoms with Gasteiger partial charge in [-0.25, -0.2) is 0 Å². The van der Waals surface area contributed by atoms with Crippen LogP contribution in [-0.4, -0.2) is 42.5 Å². The molecule has 2 rings (SSSR count). The lowest BCUT2D eigenvalue weighted by Crippen LogP contribution is -2.46. The van der Waals surface area contributed by atoms with E-state index in [2.05, 4.69) is 68.7 Å². The van der Waals surface area contributed by atoms with Crippen LogP contribution in [-0.2, 0) is 13.0 Å². The Labute approximate surface area is 143 Å². The molecule has 0 amide bonds. The lowest BCUT2D eigenvalue weighted by atomic mass is 9.88. The fourth-order valence-corrected chi connectivity index (χ4v) is 3.24. The normalized spacial score (nSPS) is 17.8. The monoisotopic (exact) mass is 316 g/mol. The summed E-state index contributed by atoms with van der Waals surface area (Å²) in [5.41, 5.74) is 3.36. The van der Waals surface area contributed by atoms with E-state index in [1.165, 1.54) is 56.7 Å². The summed E-state index contributed by atoms with van der Waals surface area (Å²) >= 11 is 0. The van der Waals surface area contributed by atoms with Crippen LogP contribution in [0.5, 0.6) is 0 Å². The molecule has 1 aliphatic heterocycles. The van der Waals surface area contributed by atoms with E-state index < -0.39 is 0 Å². The molecule has 0 unspecified atom stereocenters. The van der Waals surface area contributed by atoms with Gasteiger partial charge in [0, 0.05) is 39.3 Å². The highest BCUT2D eigenvalue weighted by Gasteiger charge is 2.17. The van der Waals surface area contributed by atoms with Crippen LogP contribution in [0.4, 0.5) is 0 Å². The van der Waals surface area contributed by atoms with E-state index in [-0.39, 0.29) is 0 Å². The number of benzene rings is 1. The van der Waals surface area contributed by atoms with Gasteiger partial charge in [0.15, 0.2) is 0 Å². The Morgan fingerprint density at radius 3 is 1.91 bits per heavy atom. The molecule has 23 heavy (non-hydrogen) atoms. The molecule has 1 aromatic rings. The van der Waals surface area contributed by atoms with Gasteiger partial charge in [0.2, 0.25) is 0 Å². The van der Waals surface area contributed by atoms with Gasteiger partial charge in [-0.15, -0.1) is 0 Å². The quantitative estimate of drug-likeness (QED) is 0.765. The molecule has 1 saturated heterocycles. The number of rotatable bonds is 6. The molecule has 2 heteroatoms. The van der Waals surface area contributed by atoms with Crippen molar-refractivity contribution >= 4 is 0 Å². The maximum absolute atomic E-state index is 2.61. The number of aryl methyl sites for hydroxylation is 1. The predicted octanol–water partition coefficient (Wildman–Crippen LogP) is 4.44. The topological polar surface area (TPSA) is 6.48 Å². The van der Waals surface area contributed by atoms with Crippen molar-refractivity contribution in [3.8, 4) is 0 Å². The third-order valence-electron chi connectivity index (χ3n) is 4.68. The van der Waals surface area contributed by atoms with E-state index in [0.717, 1.165) is 12.5 Å². The SMILES string of the molecule is CC(C)CN1CCN(Cc2ccc(CCC(C)(C)C)cc2)CC1. The molecular formula is C21H36N2. The van der Waals surface area contributed by atoms with Crippen LogP contribution in [0.25, 0.3) is 0 Å². The molecule has 1 aliphatic rings. The van der Waals surface area contributed by atoms with E-state index >= 15 is 0 Å². The van der Waals surface area contributed by atoms with Crippen molar-refractivity contribution in [2.75, 3.05) is 32.7 Å². The minimum Gasteiger partial charge on any atom is -0.301 e. The fraction of sp³-hybridized carbons (Fsp3) is 0.714. The second kappa shape index (κ2) is 8.30. The summed E-state index contributed by atoms with van der Waals surface area (Å²) in [5, 5.41) is 0. The molecule has 0 radical (unpaired) electrons. The largest absolute Gasteiger partial charge is 0.301 e. The number of nitrogens with zero attached hydrogens (tertiary/aromatic N) is 2. The Balaban J connectivity index is 1.76. The van der Waals surface area contributed by atoms with Gasteiger partial charge in [0.05, 0.1) is 0 Å². The zero-order chi connectivity index (χ0) is 16.9. The summed E-state index contributed by atoms with van der Waals surface area (Å²) in [6.07, 6.45) is 2.45. The van der Waals surface area contributed by atoms with Crippen LogP contribution < -0.4 is 0 Å². The van der Waals surface area contributed by atoms with Crippen molar-refractivity contribution in [3.63, 3.8) is 0 Å². The predicted molar refractivity (Wildman–Crippen MR) is 101 cm³/mol. The van der Waals surface area contributed by atoms with Crippen molar-refractivity contribution in [1.82, 2.24) is 9.80 Å². The second-order valence-electron chi connectivity index (χ2n) is 8.85. The van der Waals surface area contributed by atoms with Gasteiger partial charge in [0.25, 0.3) is 0 Å². The lowest BCUT2D eigenvalue weighted by molar-refractivity contribution is 0.117. The standard InChI is InChI=1S/C21H36N2/c1-18(2)16-22-12-14-23(15-13-22)17-20-8-6-19(7-9-20)10-11-21(3,4)5/h6-9,18H,10-17H2,1-5H3. The highest BCUT2D eigenvalue weighted by Crippen LogP contribution is 2.21. The molecule has 0 aromatic heterocycles. The first kappa shape index (κ1) is 18.5. The molecule has 0 atom stereocenters. The van der Waals surface area contributed by atoms with E-state index in [1.807, 2.05) is 0 Å². The van der Waals surface area contributed by atoms with E-state index in [4.69, 9.17) is 0 Å². The summed E-state index contributed by atoms with van der Waals surface area (Å²) in [4.78, 5) is 5.21. The molecule has 130 valence electrons. The summed E-state index contributed by atoms with van der Waals surface area (Å²) < 4.78 is 0. The number of hydrogen-bond donors (Lipinski definition) is 0. The highest BCUT2D eigenvalue weighted by atomic mass is 15.3. The molecule has 0 saturated carbocycles. The Morgan fingerprint density at radius 1 is 0.870 bits per heavy atom. The zero-order valence-electron chi connectivity index (χ0n) is 15.9. The highest BCUT2D eigenvalue weighted by molar-refractivity contribution is 5.22. The van der Waals surface area contributed by atoms with Crippen LogP contribution in [0, 0.1) is 11.3 Å². The van der Waals surface area contributed by atoms with Crippen molar-refractivity contribution in [2.45, 2.75) is 54.0 Å². The third-order valence-corrected chi connectivity index (χ3v) is 4.68. The molecular weight excluding hydrogens is 280 g/mol. The summed E-state index contributed by atoms with van der Waals surface area (Å²) in [6.45, 7) is 18.8. The fourth-order valence-electron chi connectivity index (χ4n) is 3.24. The average molecular weight is 317 g/mol. The Bertz CT molecular complexity index is 448. The lowest BCUT2D eigenvalue weighted by Gasteiger charge is -2.35. The Morgan fingerprint density at radius 2 is 1.39 bits per heavy atom. The minimum absolute atomic E-state index is 0.425. The van der Waals surface area contributed by atoms with Crippen LogP contribution in [0.2, 0.25) is 0 Å². The summed E-state index contributed by atoms with van der Waals surface area (Å²) in [7, 11) is 0. The first-order valence-corrected chi connectivity index (χ1v) is 9.34. The van der Waals surface area contributed by atoms with Gasteiger partial charge in [-0.05, 0) is 35.3 Å². The molecule has 2 nitrogen and oxygen atoms in total. The van der Waals surface area contributed by atoms with Gasteiger partial charge < -0.3 is 4.90 Å². The number of hydrogen-bond acceptors (Lipinski definition) is 2. The third kappa shape index (κ3) is 7.05. The molecule has 0 N–H and O–H groups in total. The Kier molecular flexibility index (Phi) is 6.67. The molecule has 1 heterocycles. The summed E-state index contributed by atoms with van der Waals surface area (Å²) in [6, 6.07) is 9.32. The first-order valence-electron chi connectivity index (χ1n) is 9.34. The second-order valence-corrected chi connectivity index (χ2v) is 8.85. The van der Waals surface area contributed by atoms with Crippen LogP contribution in [0.1, 0.15) is 52.2 Å². The first-order chi connectivity index (χ1) is 10.8. The van der Waals surface area contributed by atoms with Crippen molar-refractivity contribution in [1.29, 1.82) is 0 Å². The maximum Gasteiger partial charge on any atom is 0.0234 e. The Hall–Kier alpha value is -0.860. The zero-order valence-corrected chi connectivity index (χ0v) is 15.9. The maximum atomic E-state index is 2.61. The molecule has 1 aromatic carbocycles. The van der Waals surface area contributed by atoms with E-state index in [9.17, 15) is 0 Å². The van der Waals surface area contributed by atoms with Gasteiger partial charge in [0.1, 0.15) is 0 Å². The molecule has 0 bridgehead atoms. The van der Waals surface area contributed by atoms with Crippen LogP contribution in [0.3, 0.4) is 0 Å². The van der Waals surface area contributed by atoms with Gasteiger partial charge in [-0.2, -0.15) is 0 Å². The van der Waals surface area contributed by atoms with Gasteiger partial charge in [-0.1, -0.05) is 58.9 Å². The summed E-state index contributed by atoms with van der Waals surface area (Å²) in [5.74, 6) is 0.780. The van der Waals surface area contributed by atoms with Gasteiger partial charge >= 0.3 is 0 Å². The van der Waals surface area contributed by atoms with E-state index in [0.29, 0.717) is 5.41 Å². The molecule has 1 fully saturated rings. The minimum atomic E-state index is 0.425. The number of piperazine rings is 1. The van der Waals surface area contributed by atoms with Crippen LogP contribution in [0.15, 0.2) is 24.3 Å². The smallest absolute Gasteiger partial charge is 0.0234 e. The van der Waals surface area contributed by atoms with Crippen molar-refractivity contribution in [3.05, 3.63) is 35.4 Å². The van der Waals surface area contributed by atoms with Gasteiger partial charge in [-0.3, -0.25) is 4.90 Å².